The lowest BCUT2D eigenvalue weighted by Gasteiger charge is -2.20. The molecule has 0 N–H and O–H groups in total. The summed E-state index contributed by atoms with van der Waals surface area (Å²) >= 11 is 3.44. The molecular weight excluding hydrogens is 284 g/mol. The van der Waals surface area contributed by atoms with Crippen molar-refractivity contribution in [1.82, 2.24) is 0 Å². The monoisotopic (exact) mass is 296 g/mol. The summed E-state index contributed by atoms with van der Waals surface area (Å²) in [5.41, 5.74) is 1.69. The average molecular weight is 297 g/mol. The zero-order valence-electron chi connectivity index (χ0n) is 9.53. The van der Waals surface area contributed by atoms with Crippen LogP contribution in [-0.2, 0) is 4.79 Å². The summed E-state index contributed by atoms with van der Waals surface area (Å²) in [6, 6.07) is 3.81. The standard InChI is InChI=1S/C13H13BrO3/c1-2-9(8-15)5-10-6-11(14)13-12(7-10)16-3-4-17-13/h5-8H,2-4H2,1H3. The minimum absolute atomic E-state index is 0.556. The van der Waals surface area contributed by atoms with Crippen molar-refractivity contribution in [1.29, 1.82) is 0 Å². The summed E-state index contributed by atoms with van der Waals surface area (Å²) in [6.07, 6.45) is 3.45. The number of halogens is 1. The van der Waals surface area contributed by atoms with Crippen molar-refractivity contribution in [2.75, 3.05) is 13.2 Å². The van der Waals surface area contributed by atoms with Crippen molar-refractivity contribution < 1.29 is 14.3 Å². The Balaban J connectivity index is 2.40. The molecule has 0 aliphatic carbocycles. The quantitative estimate of drug-likeness (QED) is 0.635. The van der Waals surface area contributed by atoms with Crippen molar-refractivity contribution in [2.24, 2.45) is 0 Å². The Morgan fingerprint density at radius 1 is 1.41 bits per heavy atom. The molecule has 90 valence electrons. The number of hydrogen-bond donors (Lipinski definition) is 0. The minimum atomic E-state index is 0.556. The molecule has 4 heteroatoms. The Morgan fingerprint density at radius 2 is 2.18 bits per heavy atom. The highest BCUT2D eigenvalue weighted by Crippen LogP contribution is 2.38. The number of ether oxygens (including phenoxy) is 2. The van der Waals surface area contributed by atoms with Gasteiger partial charge in [0.15, 0.2) is 11.5 Å². The van der Waals surface area contributed by atoms with Gasteiger partial charge in [-0.25, -0.2) is 0 Å². The summed E-state index contributed by atoms with van der Waals surface area (Å²) in [5, 5.41) is 0. The molecular formula is C13H13BrO3. The lowest BCUT2D eigenvalue weighted by molar-refractivity contribution is -0.104. The molecule has 1 aromatic rings. The van der Waals surface area contributed by atoms with Gasteiger partial charge in [-0.1, -0.05) is 6.92 Å². The normalized spacial score (nSPS) is 14.6. The molecule has 3 nitrogen and oxygen atoms in total. The van der Waals surface area contributed by atoms with Crippen molar-refractivity contribution in [3.8, 4) is 11.5 Å². The highest BCUT2D eigenvalue weighted by molar-refractivity contribution is 9.10. The third kappa shape index (κ3) is 2.69. The third-order valence-electron chi connectivity index (χ3n) is 2.53. The smallest absolute Gasteiger partial charge is 0.175 e. The zero-order chi connectivity index (χ0) is 12.3. The van der Waals surface area contributed by atoms with E-state index in [2.05, 4.69) is 15.9 Å². The maximum Gasteiger partial charge on any atom is 0.175 e. The van der Waals surface area contributed by atoms with Gasteiger partial charge in [0.1, 0.15) is 19.5 Å². The van der Waals surface area contributed by atoms with Crippen LogP contribution in [0.2, 0.25) is 0 Å². The predicted molar refractivity (Wildman–Crippen MR) is 69.5 cm³/mol. The van der Waals surface area contributed by atoms with Gasteiger partial charge in [0.25, 0.3) is 0 Å². The Hall–Kier alpha value is -1.29. The van der Waals surface area contributed by atoms with E-state index in [9.17, 15) is 4.79 Å². The average Bonchev–Trinajstić information content (AvgIpc) is 2.36. The highest BCUT2D eigenvalue weighted by atomic mass is 79.9. The molecule has 1 aliphatic heterocycles. The lowest BCUT2D eigenvalue weighted by atomic mass is 10.1. The first-order chi connectivity index (χ1) is 8.24. The maximum absolute atomic E-state index is 10.8. The Morgan fingerprint density at radius 3 is 2.88 bits per heavy atom. The van der Waals surface area contributed by atoms with Crippen LogP contribution in [0.5, 0.6) is 11.5 Å². The second kappa shape index (κ2) is 5.36. The van der Waals surface area contributed by atoms with E-state index in [-0.39, 0.29) is 0 Å². The number of fused-ring (bicyclic) bond motifs is 1. The predicted octanol–water partition coefficient (Wildman–Crippen LogP) is 3.21. The van der Waals surface area contributed by atoms with Gasteiger partial charge in [0, 0.05) is 0 Å². The summed E-state index contributed by atoms with van der Waals surface area (Å²) in [4.78, 5) is 10.8. The van der Waals surface area contributed by atoms with Gasteiger partial charge >= 0.3 is 0 Å². The molecule has 0 bridgehead atoms. The number of carbonyl (C=O) groups excluding carboxylic acids is 1. The van der Waals surface area contributed by atoms with Crippen molar-refractivity contribution in [3.05, 3.63) is 27.7 Å². The number of hydrogen-bond acceptors (Lipinski definition) is 3. The molecule has 0 radical (unpaired) electrons. The fourth-order valence-electron chi connectivity index (χ4n) is 1.65. The Kier molecular flexibility index (Phi) is 3.84. The zero-order valence-corrected chi connectivity index (χ0v) is 11.1. The fourth-order valence-corrected chi connectivity index (χ4v) is 2.22. The number of aldehydes is 1. The molecule has 0 aromatic heterocycles. The molecule has 0 saturated heterocycles. The number of rotatable bonds is 3. The molecule has 17 heavy (non-hydrogen) atoms. The van der Waals surface area contributed by atoms with Crippen LogP contribution < -0.4 is 9.47 Å². The highest BCUT2D eigenvalue weighted by Gasteiger charge is 2.15. The first-order valence-corrected chi connectivity index (χ1v) is 6.28. The number of carbonyl (C=O) groups is 1. The van der Waals surface area contributed by atoms with E-state index in [1.54, 1.807) is 0 Å². The van der Waals surface area contributed by atoms with Gasteiger partial charge < -0.3 is 9.47 Å². The fraction of sp³-hybridized carbons (Fsp3) is 0.308. The molecule has 0 amide bonds. The maximum atomic E-state index is 10.8. The molecule has 0 atom stereocenters. The van der Waals surface area contributed by atoms with Gasteiger partial charge in [-0.2, -0.15) is 0 Å². The SMILES string of the molecule is CCC(C=O)=Cc1cc(Br)c2c(c1)OCCO2. The second-order valence-electron chi connectivity index (χ2n) is 3.72. The molecule has 0 spiro atoms. The first-order valence-electron chi connectivity index (χ1n) is 5.49. The van der Waals surface area contributed by atoms with Crippen LogP contribution >= 0.6 is 15.9 Å². The van der Waals surface area contributed by atoms with Crippen molar-refractivity contribution >= 4 is 28.3 Å². The van der Waals surface area contributed by atoms with E-state index in [1.165, 1.54) is 0 Å². The molecule has 0 saturated carbocycles. The summed E-state index contributed by atoms with van der Waals surface area (Å²) in [5.74, 6) is 1.45. The topological polar surface area (TPSA) is 35.5 Å². The molecule has 1 aromatic carbocycles. The van der Waals surface area contributed by atoms with Gasteiger partial charge in [-0.15, -0.1) is 0 Å². The Labute approximate surface area is 109 Å². The summed E-state index contributed by atoms with van der Waals surface area (Å²) in [7, 11) is 0. The largest absolute Gasteiger partial charge is 0.486 e. The van der Waals surface area contributed by atoms with E-state index in [0.29, 0.717) is 13.2 Å². The van der Waals surface area contributed by atoms with E-state index in [1.807, 2.05) is 25.1 Å². The summed E-state index contributed by atoms with van der Waals surface area (Å²) in [6.45, 7) is 3.07. The molecule has 0 fully saturated rings. The number of benzene rings is 1. The van der Waals surface area contributed by atoms with E-state index >= 15 is 0 Å². The Bertz CT molecular complexity index is 466. The van der Waals surface area contributed by atoms with E-state index in [4.69, 9.17) is 9.47 Å². The molecule has 2 rings (SSSR count). The van der Waals surface area contributed by atoms with Gasteiger partial charge in [0.2, 0.25) is 0 Å². The second-order valence-corrected chi connectivity index (χ2v) is 4.57. The molecule has 1 heterocycles. The van der Waals surface area contributed by atoms with Crippen LogP contribution in [-0.4, -0.2) is 19.5 Å². The van der Waals surface area contributed by atoms with Crippen LogP contribution in [0.15, 0.2) is 22.2 Å². The lowest BCUT2D eigenvalue weighted by Crippen LogP contribution is -2.15. The van der Waals surface area contributed by atoms with E-state index in [0.717, 1.165) is 39.8 Å². The number of allylic oxidation sites excluding steroid dienone is 1. The van der Waals surface area contributed by atoms with Gasteiger partial charge in [0.05, 0.1) is 4.47 Å². The van der Waals surface area contributed by atoms with Crippen LogP contribution in [0.1, 0.15) is 18.9 Å². The van der Waals surface area contributed by atoms with Gasteiger partial charge in [-0.3, -0.25) is 4.79 Å². The molecule has 1 aliphatic rings. The van der Waals surface area contributed by atoms with Crippen molar-refractivity contribution in [2.45, 2.75) is 13.3 Å². The van der Waals surface area contributed by atoms with Crippen molar-refractivity contribution in [3.63, 3.8) is 0 Å². The summed E-state index contributed by atoms with van der Waals surface area (Å²) < 4.78 is 11.9. The minimum Gasteiger partial charge on any atom is -0.486 e. The van der Waals surface area contributed by atoms with E-state index < -0.39 is 0 Å². The first kappa shape index (κ1) is 12.2. The van der Waals surface area contributed by atoms with Crippen LogP contribution in [0.4, 0.5) is 0 Å². The van der Waals surface area contributed by atoms with Crippen LogP contribution in [0.3, 0.4) is 0 Å². The van der Waals surface area contributed by atoms with Crippen LogP contribution in [0.25, 0.3) is 6.08 Å². The molecule has 0 unspecified atom stereocenters. The third-order valence-corrected chi connectivity index (χ3v) is 3.12. The van der Waals surface area contributed by atoms with Gasteiger partial charge in [-0.05, 0) is 51.7 Å². The van der Waals surface area contributed by atoms with Crippen LogP contribution in [0, 0.1) is 0 Å².